The number of hydrogen-bond donors (Lipinski definition) is 2. The molecule has 6 nitrogen and oxygen atoms in total. The standard InChI is InChI=1S/C17H27N3O3/c1-5-19(6-2)14-8-9-15(13(4)12-14)18-16(22)17(23)20(7-3)10-11-21/h8-9,12,21H,5-7,10-11H2,1-4H3,(H,18,22). The van der Waals surface area contributed by atoms with Crippen LogP contribution in [0.3, 0.4) is 0 Å². The van der Waals surface area contributed by atoms with Crippen LogP contribution in [0.2, 0.25) is 0 Å². The molecule has 0 spiro atoms. The molecule has 23 heavy (non-hydrogen) atoms. The highest BCUT2D eigenvalue weighted by Gasteiger charge is 2.20. The lowest BCUT2D eigenvalue weighted by molar-refractivity contribution is -0.143. The number of nitrogens with zero attached hydrogens (tertiary/aromatic N) is 2. The van der Waals surface area contributed by atoms with E-state index in [2.05, 4.69) is 24.1 Å². The van der Waals surface area contributed by atoms with Gasteiger partial charge in [0.25, 0.3) is 0 Å². The largest absolute Gasteiger partial charge is 0.395 e. The quantitative estimate of drug-likeness (QED) is 0.749. The Bertz CT molecular complexity index is 542. The molecule has 0 bridgehead atoms. The van der Waals surface area contributed by atoms with Gasteiger partial charge < -0.3 is 20.2 Å². The highest BCUT2D eigenvalue weighted by molar-refractivity contribution is 6.39. The smallest absolute Gasteiger partial charge is 0.313 e. The Kier molecular flexibility index (Phi) is 7.54. The van der Waals surface area contributed by atoms with E-state index in [9.17, 15) is 9.59 Å². The lowest BCUT2D eigenvalue weighted by atomic mass is 10.1. The van der Waals surface area contributed by atoms with Crippen LogP contribution < -0.4 is 10.2 Å². The minimum atomic E-state index is -0.681. The van der Waals surface area contributed by atoms with Crippen molar-refractivity contribution in [3.63, 3.8) is 0 Å². The SMILES string of the molecule is CCN(CCO)C(=O)C(=O)Nc1ccc(N(CC)CC)cc1C. The van der Waals surface area contributed by atoms with Crippen molar-refractivity contribution in [2.24, 2.45) is 0 Å². The van der Waals surface area contributed by atoms with Crippen molar-refractivity contribution < 1.29 is 14.7 Å². The number of likely N-dealkylation sites (N-methyl/N-ethyl adjacent to an activating group) is 1. The van der Waals surface area contributed by atoms with Gasteiger partial charge in [0.2, 0.25) is 0 Å². The second kappa shape index (κ2) is 9.15. The molecule has 1 rings (SSSR count). The first-order valence-electron chi connectivity index (χ1n) is 8.05. The molecule has 0 aromatic heterocycles. The number of aliphatic hydroxyl groups is 1. The van der Waals surface area contributed by atoms with Gasteiger partial charge in [-0.1, -0.05) is 0 Å². The zero-order valence-electron chi connectivity index (χ0n) is 14.4. The minimum Gasteiger partial charge on any atom is -0.395 e. The molecule has 1 aromatic carbocycles. The Morgan fingerprint density at radius 1 is 1.13 bits per heavy atom. The predicted molar refractivity (Wildman–Crippen MR) is 92.7 cm³/mol. The van der Waals surface area contributed by atoms with Crippen molar-refractivity contribution in [2.75, 3.05) is 43.0 Å². The number of anilines is 2. The molecule has 0 aliphatic heterocycles. The van der Waals surface area contributed by atoms with E-state index in [0.717, 1.165) is 24.3 Å². The van der Waals surface area contributed by atoms with Crippen LogP contribution in [0.15, 0.2) is 18.2 Å². The number of aryl methyl sites for hydroxylation is 1. The van der Waals surface area contributed by atoms with Crippen molar-refractivity contribution in [1.82, 2.24) is 4.90 Å². The van der Waals surface area contributed by atoms with Crippen LogP contribution in [0.25, 0.3) is 0 Å². The number of hydrogen-bond acceptors (Lipinski definition) is 4. The van der Waals surface area contributed by atoms with E-state index >= 15 is 0 Å². The summed E-state index contributed by atoms with van der Waals surface area (Å²) in [5.41, 5.74) is 2.62. The van der Waals surface area contributed by atoms with Crippen LogP contribution in [0, 0.1) is 6.92 Å². The minimum absolute atomic E-state index is 0.155. The summed E-state index contributed by atoms with van der Waals surface area (Å²) < 4.78 is 0. The Labute approximate surface area is 138 Å². The molecule has 0 saturated heterocycles. The molecular weight excluding hydrogens is 294 g/mol. The fourth-order valence-corrected chi connectivity index (χ4v) is 2.42. The fourth-order valence-electron chi connectivity index (χ4n) is 2.42. The average Bonchev–Trinajstić information content (AvgIpc) is 2.55. The van der Waals surface area contributed by atoms with E-state index in [1.807, 2.05) is 25.1 Å². The van der Waals surface area contributed by atoms with E-state index in [4.69, 9.17) is 5.11 Å². The molecule has 0 heterocycles. The van der Waals surface area contributed by atoms with E-state index in [-0.39, 0.29) is 13.2 Å². The number of amides is 2. The summed E-state index contributed by atoms with van der Waals surface area (Å²) in [5, 5.41) is 11.6. The molecule has 0 atom stereocenters. The maximum Gasteiger partial charge on any atom is 0.313 e. The number of rotatable bonds is 7. The van der Waals surface area contributed by atoms with E-state index < -0.39 is 11.8 Å². The maximum atomic E-state index is 12.1. The third kappa shape index (κ3) is 4.96. The zero-order chi connectivity index (χ0) is 17.4. The molecule has 0 aliphatic rings. The molecule has 6 heteroatoms. The normalized spacial score (nSPS) is 10.3. The molecule has 0 fully saturated rings. The van der Waals surface area contributed by atoms with Gasteiger partial charge in [0.15, 0.2) is 0 Å². The van der Waals surface area contributed by atoms with Crippen LogP contribution in [-0.2, 0) is 9.59 Å². The zero-order valence-corrected chi connectivity index (χ0v) is 14.4. The molecule has 128 valence electrons. The molecular formula is C17H27N3O3. The van der Waals surface area contributed by atoms with Crippen molar-refractivity contribution in [3.8, 4) is 0 Å². The van der Waals surface area contributed by atoms with Crippen molar-refractivity contribution in [3.05, 3.63) is 23.8 Å². The highest BCUT2D eigenvalue weighted by atomic mass is 16.3. The van der Waals surface area contributed by atoms with Gasteiger partial charge in [0.05, 0.1) is 6.61 Å². The molecule has 0 aliphatic carbocycles. The van der Waals surface area contributed by atoms with Gasteiger partial charge in [-0.25, -0.2) is 0 Å². The van der Waals surface area contributed by atoms with Crippen LogP contribution >= 0.6 is 0 Å². The second-order valence-electron chi connectivity index (χ2n) is 5.23. The lowest BCUT2D eigenvalue weighted by Gasteiger charge is -2.22. The molecule has 2 N–H and O–H groups in total. The maximum absolute atomic E-state index is 12.1. The van der Waals surface area contributed by atoms with Gasteiger partial charge in [-0.05, 0) is 51.5 Å². The topological polar surface area (TPSA) is 72.9 Å². The second-order valence-corrected chi connectivity index (χ2v) is 5.23. The Hall–Kier alpha value is -2.08. The Morgan fingerprint density at radius 3 is 2.26 bits per heavy atom. The van der Waals surface area contributed by atoms with Gasteiger partial charge >= 0.3 is 11.8 Å². The summed E-state index contributed by atoms with van der Waals surface area (Å²) in [5.74, 6) is -1.31. The molecule has 0 unspecified atom stereocenters. The third-order valence-electron chi connectivity index (χ3n) is 3.82. The first-order valence-corrected chi connectivity index (χ1v) is 8.05. The van der Waals surface area contributed by atoms with E-state index in [1.54, 1.807) is 6.92 Å². The summed E-state index contributed by atoms with van der Waals surface area (Å²) in [7, 11) is 0. The molecule has 2 amide bonds. The first kappa shape index (κ1) is 19.0. The summed E-state index contributed by atoms with van der Waals surface area (Å²) in [6, 6.07) is 5.75. The van der Waals surface area contributed by atoms with Crippen molar-refractivity contribution in [2.45, 2.75) is 27.7 Å². The van der Waals surface area contributed by atoms with Crippen LogP contribution in [0.1, 0.15) is 26.3 Å². The number of carbonyl (C=O) groups is 2. The van der Waals surface area contributed by atoms with Crippen molar-refractivity contribution >= 4 is 23.2 Å². The van der Waals surface area contributed by atoms with E-state index in [1.165, 1.54) is 4.90 Å². The first-order chi connectivity index (χ1) is 11.0. The van der Waals surface area contributed by atoms with Gasteiger partial charge in [0.1, 0.15) is 0 Å². The molecule has 0 radical (unpaired) electrons. The number of nitrogens with one attached hydrogen (secondary N) is 1. The number of carbonyl (C=O) groups excluding carboxylic acids is 2. The number of aliphatic hydroxyl groups excluding tert-OH is 1. The number of benzene rings is 1. The van der Waals surface area contributed by atoms with Gasteiger partial charge in [0, 0.05) is 37.6 Å². The van der Waals surface area contributed by atoms with Crippen molar-refractivity contribution in [1.29, 1.82) is 0 Å². The summed E-state index contributed by atoms with van der Waals surface area (Å²) in [4.78, 5) is 27.6. The lowest BCUT2D eigenvalue weighted by Crippen LogP contribution is -2.41. The third-order valence-corrected chi connectivity index (χ3v) is 3.82. The van der Waals surface area contributed by atoms with Gasteiger partial charge in [-0.15, -0.1) is 0 Å². The van der Waals surface area contributed by atoms with Gasteiger partial charge in [-0.3, -0.25) is 9.59 Å². The van der Waals surface area contributed by atoms with Crippen LogP contribution in [-0.4, -0.2) is 54.6 Å². The summed E-state index contributed by atoms with van der Waals surface area (Å²) >= 11 is 0. The monoisotopic (exact) mass is 321 g/mol. The predicted octanol–water partition coefficient (Wildman–Crippen LogP) is 1.62. The highest BCUT2D eigenvalue weighted by Crippen LogP contribution is 2.22. The fraction of sp³-hybridized carbons (Fsp3) is 0.529. The Balaban J connectivity index is 2.84. The van der Waals surface area contributed by atoms with E-state index in [0.29, 0.717) is 12.2 Å². The average molecular weight is 321 g/mol. The van der Waals surface area contributed by atoms with Crippen LogP contribution in [0.5, 0.6) is 0 Å². The van der Waals surface area contributed by atoms with Crippen LogP contribution in [0.4, 0.5) is 11.4 Å². The molecule has 0 saturated carbocycles. The Morgan fingerprint density at radius 2 is 1.78 bits per heavy atom. The molecule has 1 aromatic rings. The summed E-state index contributed by atoms with van der Waals surface area (Å²) in [6.45, 7) is 10.0. The van der Waals surface area contributed by atoms with Gasteiger partial charge in [-0.2, -0.15) is 0 Å². The summed E-state index contributed by atoms with van der Waals surface area (Å²) in [6.07, 6.45) is 0.